The molecular weight excluding hydrogens is 218 g/mol. The van der Waals surface area contributed by atoms with E-state index in [0.29, 0.717) is 19.8 Å². The molecule has 0 amide bonds. The maximum atomic E-state index is 5.79. The molecule has 2 rings (SSSR count). The van der Waals surface area contributed by atoms with Gasteiger partial charge in [-0.25, -0.2) is 0 Å². The molecule has 2 heterocycles. The topological polar surface area (TPSA) is 48.3 Å². The second-order valence-corrected chi connectivity index (χ2v) is 4.09. The van der Waals surface area contributed by atoms with Crippen LogP contribution in [0.1, 0.15) is 25.6 Å². The average Bonchev–Trinajstić information content (AvgIpc) is 2.85. The summed E-state index contributed by atoms with van der Waals surface area (Å²) < 4.78 is 13.3. The van der Waals surface area contributed by atoms with Crippen LogP contribution in [0.3, 0.4) is 0 Å². The van der Waals surface area contributed by atoms with Crippen LogP contribution < -0.4 is 5.32 Å². The van der Waals surface area contributed by atoms with Crippen molar-refractivity contribution in [2.24, 2.45) is 0 Å². The second-order valence-electron chi connectivity index (χ2n) is 4.09. The predicted octanol–water partition coefficient (Wildman–Crippen LogP) is 0.969. The highest BCUT2D eigenvalue weighted by atomic mass is 16.6. The molecule has 0 aromatic carbocycles. The lowest BCUT2D eigenvalue weighted by Crippen LogP contribution is -2.41. The Morgan fingerprint density at radius 3 is 3.06 bits per heavy atom. The summed E-state index contributed by atoms with van der Waals surface area (Å²) in [5.41, 5.74) is 1.17. The lowest BCUT2D eigenvalue weighted by molar-refractivity contribution is -0.103. The van der Waals surface area contributed by atoms with Crippen molar-refractivity contribution in [3.63, 3.8) is 0 Å². The van der Waals surface area contributed by atoms with Gasteiger partial charge in [-0.15, -0.1) is 0 Å². The number of hydrogen-bond donors (Lipinski definition) is 1. The molecule has 1 aliphatic heterocycles. The fraction of sp³-hybridized carbons (Fsp3) is 0.750. The van der Waals surface area contributed by atoms with Crippen molar-refractivity contribution >= 4 is 0 Å². The van der Waals surface area contributed by atoms with Gasteiger partial charge >= 0.3 is 0 Å². The van der Waals surface area contributed by atoms with Gasteiger partial charge in [0.1, 0.15) is 6.10 Å². The Labute approximate surface area is 102 Å². The SMILES string of the molecule is CCNC(c1ccnn1CC)C1COCCO1. The molecule has 0 saturated carbocycles. The van der Waals surface area contributed by atoms with Gasteiger partial charge < -0.3 is 14.8 Å². The molecule has 0 bridgehead atoms. The summed E-state index contributed by atoms with van der Waals surface area (Å²) in [6.45, 7) is 7.99. The number of aryl methyl sites for hydroxylation is 1. The Bertz CT molecular complexity index is 334. The number of ether oxygens (including phenoxy) is 2. The third-order valence-electron chi connectivity index (χ3n) is 3.01. The number of aromatic nitrogens is 2. The fourth-order valence-corrected chi connectivity index (χ4v) is 2.22. The minimum absolute atomic E-state index is 0.0747. The molecule has 96 valence electrons. The van der Waals surface area contributed by atoms with E-state index < -0.39 is 0 Å². The average molecular weight is 239 g/mol. The Kier molecular flexibility index (Phi) is 4.53. The number of nitrogens with zero attached hydrogens (tertiary/aromatic N) is 2. The zero-order valence-corrected chi connectivity index (χ0v) is 10.6. The molecule has 1 saturated heterocycles. The first-order valence-electron chi connectivity index (χ1n) is 6.31. The van der Waals surface area contributed by atoms with Gasteiger partial charge in [0.2, 0.25) is 0 Å². The lowest BCUT2D eigenvalue weighted by Gasteiger charge is -2.31. The van der Waals surface area contributed by atoms with Gasteiger partial charge in [0.15, 0.2) is 0 Å². The summed E-state index contributed by atoms with van der Waals surface area (Å²) in [7, 11) is 0. The predicted molar refractivity (Wildman–Crippen MR) is 64.9 cm³/mol. The zero-order valence-electron chi connectivity index (χ0n) is 10.6. The van der Waals surface area contributed by atoms with Crippen LogP contribution in [-0.2, 0) is 16.0 Å². The van der Waals surface area contributed by atoms with Crippen molar-refractivity contribution in [2.75, 3.05) is 26.4 Å². The summed E-state index contributed by atoms with van der Waals surface area (Å²) in [4.78, 5) is 0. The minimum atomic E-state index is 0.0747. The maximum Gasteiger partial charge on any atom is 0.102 e. The smallest absolute Gasteiger partial charge is 0.102 e. The highest BCUT2D eigenvalue weighted by Gasteiger charge is 2.28. The van der Waals surface area contributed by atoms with E-state index >= 15 is 0 Å². The van der Waals surface area contributed by atoms with E-state index in [-0.39, 0.29) is 12.1 Å². The van der Waals surface area contributed by atoms with E-state index in [9.17, 15) is 0 Å². The van der Waals surface area contributed by atoms with Crippen molar-refractivity contribution in [3.8, 4) is 0 Å². The molecule has 2 unspecified atom stereocenters. The van der Waals surface area contributed by atoms with Crippen molar-refractivity contribution in [3.05, 3.63) is 18.0 Å². The first kappa shape index (κ1) is 12.5. The van der Waals surface area contributed by atoms with Crippen LogP contribution in [0.25, 0.3) is 0 Å². The number of nitrogens with one attached hydrogen (secondary N) is 1. The normalized spacial score (nSPS) is 22.6. The maximum absolute atomic E-state index is 5.79. The van der Waals surface area contributed by atoms with Crippen molar-refractivity contribution < 1.29 is 9.47 Å². The zero-order chi connectivity index (χ0) is 12.1. The van der Waals surface area contributed by atoms with Crippen molar-refractivity contribution in [2.45, 2.75) is 32.5 Å². The molecule has 5 nitrogen and oxygen atoms in total. The van der Waals surface area contributed by atoms with Crippen LogP contribution in [-0.4, -0.2) is 42.2 Å². The number of rotatable bonds is 5. The largest absolute Gasteiger partial charge is 0.376 e. The van der Waals surface area contributed by atoms with E-state index in [2.05, 4.69) is 30.3 Å². The van der Waals surface area contributed by atoms with Gasteiger partial charge in [-0.3, -0.25) is 4.68 Å². The Balaban J connectivity index is 2.15. The molecular formula is C12H21N3O2. The monoisotopic (exact) mass is 239 g/mol. The second kappa shape index (κ2) is 6.14. The van der Waals surface area contributed by atoms with Gasteiger partial charge in [-0.2, -0.15) is 5.10 Å². The van der Waals surface area contributed by atoms with Crippen LogP contribution in [0, 0.1) is 0 Å². The van der Waals surface area contributed by atoms with Gasteiger partial charge in [-0.1, -0.05) is 6.92 Å². The molecule has 1 N–H and O–H groups in total. The van der Waals surface area contributed by atoms with Gasteiger partial charge in [0.05, 0.1) is 31.6 Å². The van der Waals surface area contributed by atoms with Gasteiger partial charge in [-0.05, 0) is 19.5 Å². The van der Waals surface area contributed by atoms with E-state index in [4.69, 9.17) is 9.47 Å². The molecule has 1 aliphatic rings. The molecule has 5 heteroatoms. The highest BCUT2D eigenvalue weighted by Crippen LogP contribution is 2.21. The van der Waals surface area contributed by atoms with E-state index in [0.717, 1.165) is 13.1 Å². The van der Waals surface area contributed by atoms with Crippen molar-refractivity contribution in [1.82, 2.24) is 15.1 Å². The van der Waals surface area contributed by atoms with Crippen LogP contribution >= 0.6 is 0 Å². The van der Waals surface area contributed by atoms with Crippen LogP contribution in [0.15, 0.2) is 12.3 Å². The third-order valence-corrected chi connectivity index (χ3v) is 3.01. The molecule has 0 aliphatic carbocycles. The van der Waals surface area contributed by atoms with Gasteiger partial charge in [0, 0.05) is 12.7 Å². The first-order chi connectivity index (χ1) is 8.36. The Morgan fingerprint density at radius 2 is 2.41 bits per heavy atom. The Morgan fingerprint density at radius 1 is 1.53 bits per heavy atom. The van der Waals surface area contributed by atoms with E-state index in [1.807, 2.05) is 10.9 Å². The molecule has 1 fully saturated rings. The van der Waals surface area contributed by atoms with E-state index in [1.54, 1.807) is 0 Å². The summed E-state index contributed by atoms with van der Waals surface area (Å²) in [6, 6.07) is 2.21. The van der Waals surface area contributed by atoms with Gasteiger partial charge in [0.25, 0.3) is 0 Å². The Hall–Kier alpha value is -0.910. The number of hydrogen-bond acceptors (Lipinski definition) is 4. The van der Waals surface area contributed by atoms with Crippen LogP contribution in [0.2, 0.25) is 0 Å². The minimum Gasteiger partial charge on any atom is -0.376 e. The lowest BCUT2D eigenvalue weighted by atomic mass is 10.1. The quantitative estimate of drug-likeness (QED) is 0.831. The molecule has 1 aromatic heterocycles. The molecule has 2 atom stereocenters. The fourth-order valence-electron chi connectivity index (χ4n) is 2.22. The first-order valence-corrected chi connectivity index (χ1v) is 6.31. The standard InChI is InChI=1S/C12H21N3O2/c1-3-13-12(11-9-16-7-8-17-11)10-5-6-14-15(10)4-2/h5-6,11-13H,3-4,7-9H2,1-2H3. The summed E-state index contributed by atoms with van der Waals surface area (Å²) in [5.74, 6) is 0. The summed E-state index contributed by atoms with van der Waals surface area (Å²) in [5, 5.41) is 7.78. The number of likely N-dealkylation sites (N-methyl/N-ethyl adjacent to an activating group) is 1. The van der Waals surface area contributed by atoms with Crippen LogP contribution in [0.4, 0.5) is 0 Å². The highest BCUT2D eigenvalue weighted by molar-refractivity contribution is 5.09. The summed E-state index contributed by atoms with van der Waals surface area (Å²) >= 11 is 0. The molecule has 0 spiro atoms. The van der Waals surface area contributed by atoms with Crippen LogP contribution in [0.5, 0.6) is 0 Å². The summed E-state index contributed by atoms with van der Waals surface area (Å²) in [6.07, 6.45) is 1.91. The molecule has 17 heavy (non-hydrogen) atoms. The van der Waals surface area contributed by atoms with Crippen molar-refractivity contribution in [1.29, 1.82) is 0 Å². The molecule has 0 radical (unpaired) electrons. The third kappa shape index (κ3) is 2.86. The van der Waals surface area contributed by atoms with E-state index in [1.165, 1.54) is 5.69 Å². The molecule has 1 aromatic rings.